The highest BCUT2D eigenvalue weighted by Gasteiger charge is 2.52. The van der Waals surface area contributed by atoms with Crippen LogP contribution in [0.5, 0.6) is 0 Å². The van der Waals surface area contributed by atoms with Crippen molar-refractivity contribution < 1.29 is 14.3 Å². The zero-order valence-corrected chi connectivity index (χ0v) is 19.2. The minimum Gasteiger partial charge on any atom is -0.450 e. The van der Waals surface area contributed by atoms with Gasteiger partial charge in [-0.15, -0.1) is 0 Å². The van der Waals surface area contributed by atoms with Gasteiger partial charge in [-0.3, -0.25) is 4.90 Å². The summed E-state index contributed by atoms with van der Waals surface area (Å²) in [5.41, 5.74) is 2.03. The van der Waals surface area contributed by atoms with Gasteiger partial charge < -0.3 is 24.2 Å². The van der Waals surface area contributed by atoms with Crippen LogP contribution in [0.1, 0.15) is 26.2 Å². The van der Waals surface area contributed by atoms with Gasteiger partial charge in [-0.1, -0.05) is 0 Å². The molecule has 32 heavy (non-hydrogen) atoms. The molecule has 5 aliphatic rings. The Hall–Kier alpha value is -2.06. The monoisotopic (exact) mass is 441 g/mol. The van der Waals surface area contributed by atoms with Crippen LogP contribution in [0.4, 0.5) is 16.3 Å². The number of nitrogens with zero attached hydrogens (tertiary/aromatic N) is 5. The van der Waals surface area contributed by atoms with Gasteiger partial charge in [0.2, 0.25) is 0 Å². The average Bonchev–Trinajstić information content (AvgIpc) is 3.17. The standard InChI is InChI=1S/C24H35N5O3/c1-2-32-22(30)29-13-23(14-29)6-5-19(12-23)26-8-10-27(11-9-26)21-20(4-3-7-25-21)28-15-24(16-28)17-31-18-24/h3-4,7,19H,2,5-6,8-18H2,1H3/t19-/m1/s1. The molecule has 8 nitrogen and oxygen atoms in total. The number of carbonyl (C=O) groups excluding carboxylic acids is 1. The molecule has 0 N–H and O–H groups in total. The van der Waals surface area contributed by atoms with E-state index in [1.165, 1.54) is 24.9 Å². The smallest absolute Gasteiger partial charge is 0.409 e. The Morgan fingerprint density at radius 2 is 1.91 bits per heavy atom. The lowest BCUT2D eigenvalue weighted by atomic mass is 9.78. The van der Waals surface area contributed by atoms with Gasteiger partial charge in [-0.2, -0.15) is 0 Å². The van der Waals surface area contributed by atoms with Crippen LogP contribution in [0.2, 0.25) is 0 Å². The fourth-order valence-corrected chi connectivity index (χ4v) is 6.57. The highest BCUT2D eigenvalue weighted by molar-refractivity contribution is 5.69. The quantitative estimate of drug-likeness (QED) is 0.709. The SMILES string of the molecule is CCOC(=O)N1CC2(CC[C@@H](N3CCN(c4ncccc4N4CC5(COC5)C4)CC3)C2)C1. The van der Waals surface area contributed by atoms with Gasteiger partial charge in [-0.05, 0) is 38.3 Å². The number of ether oxygens (including phenoxy) is 2. The first-order chi connectivity index (χ1) is 15.6. The zero-order chi connectivity index (χ0) is 21.8. The molecule has 5 fully saturated rings. The number of likely N-dealkylation sites (tertiary alicyclic amines) is 1. The van der Waals surface area contributed by atoms with Crippen molar-refractivity contribution in [2.75, 3.05) is 82.0 Å². The highest BCUT2D eigenvalue weighted by Crippen LogP contribution is 2.47. The Morgan fingerprint density at radius 3 is 2.59 bits per heavy atom. The Labute approximate surface area is 190 Å². The van der Waals surface area contributed by atoms with E-state index in [9.17, 15) is 4.79 Å². The van der Waals surface area contributed by atoms with Crippen LogP contribution in [0.3, 0.4) is 0 Å². The minimum atomic E-state index is -0.140. The van der Waals surface area contributed by atoms with Crippen LogP contribution in [0, 0.1) is 10.8 Å². The van der Waals surface area contributed by atoms with Crippen LogP contribution >= 0.6 is 0 Å². The van der Waals surface area contributed by atoms with Gasteiger partial charge in [0.25, 0.3) is 0 Å². The predicted octanol–water partition coefficient (Wildman–Crippen LogP) is 2.05. The fourth-order valence-electron chi connectivity index (χ4n) is 6.57. The number of hydrogen-bond acceptors (Lipinski definition) is 7. The maximum absolute atomic E-state index is 11.9. The number of carbonyl (C=O) groups is 1. The van der Waals surface area contributed by atoms with Crippen molar-refractivity contribution in [3.63, 3.8) is 0 Å². The zero-order valence-electron chi connectivity index (χ0n) is 19.2. The van der Waals surface area contributed by atoms with Crippen molar-refractivity contribution in [1.82, 2.24) is 14.8 Å². The second kappa shape index (κ2) is 7.76. The molecule has 1 aromatic heterocycles. The van der Waals surface area contributed by atoms with Crippen LogP contribution in [0.15, 0.2) is 18.3 Å². The van der Waals surface area contributed by atoms with E-state index in [1.54, 1.807) is 0 Å². The third kappa shape index (κ3) is 3.43. The van der Waals surface area contributed by atoms with Crippen LogP contribution in [-0.2, 0) is 9.47 Å². The summed E-state index contributed by atoms with van der Waals surface area (Å²) in [6.45, 7) is 12.4. The van der Waals surface area contributed by atoms with E-state index in [2.05, 4.69) is 26.8 Å². The molecule has 4 saturated heterocycles. The number of pyridine rings is 1. The summed E-state index contributed by atoms with van der Waals surface area (Å²) in [5, 5.41) is 0. The van der Waals surface area contributed by atoms with Gasteiger partial charge in [0, 0.05) is 70.0 Å². The second-order valence-corrected chi connectivity index (χ2v) is 10.7. The van der Waals surface area contributed by atoms with Crippen molar-refractivity contribution in [3.05, 3.63) is 18.3 Å². The largest absolute Gasteiger partial charge is 0.450 e. The summed E-state index contributed by atoms with van der Waals surface area (Å²) >= 11 is 0. The van der Waals surface area contributed by atoms with Gasteiger partial charge in [0.15, 0.2) is 5.82 Å². The maximum Gasteiger partial charge on any atom is 0.409 e. The molecular weight excluding hydrogens is 406 g/mol. The number of amides is 1. The van der Waals surface area contributed by atoms with Gasteiger partial charge in [-0.25, -0.2) is 9.78 Å². The molecule has 1 aliphatic carbocycles. The molecule has 1 atom stereocenters. The topological polar surface area (TPSA) is 61.4 Å². The van der Waals surface area contributed by atoms with E-state index in [-0.39, 0.29) is 6.09 Å². The van der Waals surface area contributed by atoms with Crippen molar-refractivity contribution in [1.29, 1.82) is 0 Å². The lowest BCUT2D eigenvalue weighted by Gasteiger charge is -2.56. The summed E-state index contributed by atoms with van der Waals surface area (Å²) in [6, 6.07) is 4.94. The molecule has 0 aromatic carbocycles. The van der Waals surface area contributed by atoms with E-state index in [1.807, 2.05) is 18.0 Å². The second-order valence-electron chi connectivity index (χ2n) is 10.7. The number of piperazine rings is 1. The molecule has 8 heteroatoms. The van der Waals surface area contributed by atoms with Crippen molar-refractivity contribution in [3.8, 4) is 0 Å². The molecule has 174 valence electrons. The highest BCUT2D eigenvalue weighted by atomic mass is 16.6. The van der Waals surface area contributed by atoms with Crippen molar-refractivity contribution in [2.45, 2.75) is 32.2 Å². The predicted molar refractivity (Wildman–Crippen MR) is 122 cm³/mol. The normalized spacial score (nSPS) is 28.4. The van der Waals surface area contributed by atoms with Gasteiger partial charge in [0.1, 0.15) is 0 Å². The summed E-state index contributed by atoms with van der Waals surface area (Å²) < 4.78 is 10.6. The van der Waals surface area contributed by atoms with E-state index >= 15 is 0 Å². The first-order valence-electron chi connectivity index (χ1n) is 12.3. The van der Waals surface area contributed by atoms with E-state index < -0.39 is 0 Å². The molecule has 0 unspecified atom stereocenters. The third-order valence-corrected chi connectivity index (χ3v) is 8.36. The third-order valence-electron chi connectivity index (χ3n) is 8.36. The van der Waals surface area contributed by atoms with E-state index in [0.29, 0.717) is 23.5 Å². The Morgan fingerprint density at radius 1 is 1.12 bits per heavy atom. The molecule has 4 aliphatic heterocycles. The number of rotatable bonds is 4. The van der Waals surface area contributed by atoms with Gasteiger partial charge in [0.05, 0.1) is 30.9 Å². The Balaban J connectivity index is 1.03. The summed E-state index contributed by atoms with van der Waals surface area (Å²) in [6.07, 6.45) is 5.50. The minimum absolute atomic E-state index is 0.140. The lowest BCUT2D eigenvalue weighted by molar-refractivity contribution is -0.127. The molecule has 1 saturated carbocycles. The van der Waals surface area contributed by atoms with Crippen molar-refractivity contribution >= 4 is 17.6 Å². The van der Waals surface area contributed by atoms with Gasteiger partial charge >= 0.3 is 6.09 Å². The summed E-state index contributed by atoms with van der Waals surface area (Å²) in [7, 11) is 0. The Bertz CT molecular complexity index is 853. The van der Waals surface area contributed by atoms with Crippen molar-refractivity contribution in [2.24, 2.45) is 10.8 Å². The van der Waals surface area contributed by atoms with E-state index in [4.69, 9.17) is 14.5 Å². The molecule has 0 radical (unpaired) electrons. The molecule has 0 bridgehead atoms. The number of aromatic nitrogens is 1. The summed E-state index contributed by atoms with van der Waals surface area (Å²) in [4.78, 5) is 26.3. The maximum atomic E-state index is 11.9. The fraction of sp³-hybridized carbons (Fsp3) is 0.750. The van der Waals surface area contributed by atoms with Crippen LogP contribution in [0.25, 0.3) is 0 Å². The molecule has 5 heterocycles. The molecular formula is C24H35N5O3. The van der Waals surface area contributed by atoms with Crippen LogP contribution < -0.4 is 9.80 Å². The molecule has 1 amide bonds. The molecule has 1 aromatic rings. The number of hydrogen-bond donors (Lipinski definition) is 0. The number of anilines is 2. The first kappa shape index (κ1) is 20.5. The first-order valence-corrected chi connectivity index (χ1v) is 12.3. The lowest BCUT2D eigenvalue weighted by Crippen LogP contribution is -2.66. The average molecular weight is 442 g/mol. The molecule has 6 rings (SSSR count). The molecule has 2 spiro atoms. The van der Waals surface area contributed by atoms with E-state index in [0.717, 1.165) is 71.4 Å². The Kier molecular flexibility index (Phi) is 4.98. The van der Waals surface area contributed by atoms with Crippen LogP contribution in [-0.4, -0.2) is 99.1 Å². The summed E-state index contributed by atoms with van der Waals surface area (Å²) in [5.74, 6) is 1.15.